The van der Waals surface area contributed by atoms with E-state index in [9.17, 15) is 5.11 Å². The quantitative estimate of drug-likeness (QED) is 0.595. The highest BCUT2D eigenvalue weighted by Crippen LogP contribution is 2.15. The molecule has 0 fully saturated rings. The molecule has 0 aliphatic heterocycles. The van der Waals surface area contributed by atoms with Crippen LogP contribution in [-0.4, -0.2) is 5.11 Å². The van der Waals surface area contributed by atoms with E-state index in [1.807, 2.05) is 31.2 Å². The molecule has 1 aromatic carbocycles. The Hall–Kier alpha value is -0.690. The monoisotopic (exact) mass is 123 g/mol. The van der Waals surface area contributed by atoms with E-state index in [0.29, 0.717) is 0 Å². The van der Waals surface area contributed by atoms with Gasteiger partial charge in [-0.25, -0.2) is 12.1 Å². The maximum Gasteiger partial charge on any atom is 0.0559 e. The topological polar surface area (TPSA) is 20.2 Å². The molecule has 0 radical (unpaired) electrons. The highest BCUT2D eigenvalue weighted by molar-refractivity contribution is 5.18. The lowest BCUT2D eigenvalue weighted by molar-refractivity contribution is 0.174. The molecule has 1 heteroatoms. The number of aliphatic hydroxyl groups is 1. The summed E-state index contributed by atoms with van der Waals surface area (Å²) in [5.74, 6) is 0. The fourth-order valence-electron chi connectivity index (χ4n) is 0.847. The summed E-state index contributed by atoms with van der Waals surface area (Å²) in [6, 6.07) is 7.75. The number of hydrogen-bond acceptors (Lipinski definition) is 1. The zero-order valence-electron chi connectivity index (χ0n) is 5.54. The molecule has 0 saturated carbocycles. The molecule has 0 unspecified atom stereocenters. The van der Waals surface area contributed by atoms with Gasteiger partial charge in [0.2, 0.25) is 0 Å². The van der Waals surface area contributed by atoms with Crippen LogP contribution >= 0.6 is 0 Å². The van der Waals surface area contributed by atoms with Crippen LogP contribution in [0.4, 0.5) is 0 Å². The summed E-state index contributed by atoms with van der Waals surface area (Å²) in [6.45, 7) is 1.97. The summed E-state index contributed by atoms with van der Waals surface area (Å²) < 4.78 is 0. The first-order valence-electron chi connectivity index (χ1n) is 3.24. The summed E-state index contributed by atoms with van der Waals surface area (Å²) in [5.41, 5.74) is 1.03. The molecular weight excluding hydrogens is 112 g/mol. The van der Waals surface area contributed by atoms with Crippen LogP contribution in [0.1, 0.15) is 25.0 Å². The van der Waals surface area contributed by atoms with Gasteiger partial charge in [0.05, 0.1) is 6.10 Å². The number of aliphatic hydroxyl groups excluding tert-OH is 1. The molecule has 0 heterocycles. The van der Waals surface area contributed by atoms with E-state index in [0.717, 1.165) is 12.0 Å². The van der Waals surface area contributed by atoms with Crippen LogP contribution < -0.4 is 0 Å². The van der Waals surface area contributed by atoms with Crippen LogP contribution in [0.5, 0.6) is 0 Å². The van der Waals surface area contributed by atoms with Crippen LogP contribution in [0.2, 0.25) is 0 Å². The molecule has 1 atom stereocenters. The van der Waals surface area contributed by atoms with Gasteiger partial charge in [0.25, 0.3) is 0 Å². The fraction of sp³-hybridized carbons (Fsp3) is 0.375. The van der Waals surface area contributed by atoms with Crippen LogP contribution in [0.15, 0.2) is 24.3 Å². The molecule has 0 spiro atoms. The van der Waals surface area contributed by atoms with Crippen molar-refractivity contribution >= 4 is 0 Å². The highest BCUT2D eigenvalue weighted by atomic mass is 16.3. The minimum absolute atomic E-state index is 0.264. The SMILES string of the molecule is CC[C@@H](O)c1ccc[cH-]1. The molecule has 0 aliphatic rings. The van der Waals surface area contributed by atoms with Gasteiger partial charge in [-0.1, -0.05) is 6.92 Å². The highest BCUT2D eigenvalue weighted by Gasteiger charge is 1.95. The zero-order valence-corrected chi connectivity index (χ0v) is 5.54. The van der Waals surface area contributed by atoms with Gasteiger partial charge in [-0.15, -0.1) is 5.56 Å². The molecule has 1 aromatic rings. The Balaban J connectivity index is 2.65. The summed E-state index contributed by atoms with van der Waals surface area (Å²) in [5, 5.41) is 9.22. The van der Waals surface area contributed by atoms with Crippen molar-refractivity contribution in [1.82, 2.24) is 0 Å². The molecular formula is C8H11O-. The van der Waals surface area contributed by atoms with Crippen molar-refractivity contribution in [2.24, 2.45) is 0 Å². The Kier molecular flexibility index (Phi) is 1.96. The van der Waals surface area contributed by atoms with Crippen molar-refractivity contribution in [2.75, 3.05) is 0 Å². The van der Waals surface area contributed by atoms with Crippen LogP contribution in [-0.2, 0) is 0 Å². The number of rotatable bonds is 2. The lowest BCUT2D eigenvalue weighted by atomic mass is 10.1. The van der Waals surface area contributed by atoms with Gasteiger partial charge in [0, 0.05) is 0 Å². The Labute approximate surface area is 55.3 Å². The van der Waals surface area contributed by atoms with E-state index in [1.165, 1.54) is 0 Å². The molecule has 0 amide bonds. The van der Waals surface area contributed by atoms with Gasteiger partial charge in [-0.05, 0) is 6.42 Å². The predicted molar refractivity (Wildman–Crippen MR) is 37.3 cm³/mol. The standard InChI is InChI=1S/C8H11O/c1-2-8(9)7-5-3-4-6-7/h3-6,8-9H,2H2,1H3/q-1/t8-/m1/s1. The smallest absolute Gasteiger partial charge is 0.0559 e. The second-order valence-electron chi connectivity index (χ2n) is 2.14. The van der Waals surface area contributed by atoms with E-state index >= 15 is 0 Å². The van der Waals surface area contributed by atoms with Crippen LogP contribution in [0, 0.1) is 0 Å². The first kappa shape index (κ1) is 6.43. The molecule has 0 saturated heterocycles. The fourth-order valence-corrected chi connectivity index (χ4v) is 0.847. The first-order valence-corrected chi connectivity index (χ1v) is 3.24. The summed E-state index contributed by atoms with van der Waals surface area (Å²) in [4.78, 5) is 0. The average Bonchev–Trinajstić information content (AvgIpc) is 2.37. The lowest BCUT2D eigenvalue weighted by Crippen LogP contribution is -1.90. The maximum absolute atomic E-state index is 9.22. The van der Waals surface area contributed by atoms with Gasteiger partial charge < -0.3 is 5.11 Å². The lowest BCUT2D eigenvalue weighted by Gasteiger charge is -2.07. The van der Waals surface area contributed by atoms with Crippen molar-refractivity contribution in [1.29, 1.82) is 0 Å². The third-order valence-corrected chi connectivity index (χ3v) is 1.46. The van der Waals surface area contributed by atoms with Crippen molar-refractivity contribution in [3.63, 3.8) is 0 Å². The zero-order chi connectivity index (χ0) is 6.69. The summed E-state index contributed by atoms with van der Waals surface area (Å²) in [6.07, 6.45) is 0.532. The van der Waals surface area contributed by atoms with Crippen molar-refractivity contribution < 1.29 is 5.11 Å². The first-order chi connectivity index (χ1) is 4.34. The Morgan fingerprint density at radius 1 is 1.78 bits per heavy atom. The molecule has 1 N–H and O–H groups in total. The minimum atomic E-state index is -0.264. The molecule has 50 valence electrons. The van der Waals surface area contributed by atoms with Gasteiger partial charge in [0.1, 0.15) is 0 Å². The van der Waals surface area contributed by atoms with Crippen molar-refractivity contribution in [2.45, 2.75) is 19.4 Å². The van der Waals surface area contributed by atoms with Crippen LogP contribution in [0.25, 0.3) is 0 Å². The van der Waals surface area contributed by atoms with Crippen molar-refractivity contribution in [3.05, 3.63) is 29.8 Å². The summed E-state index contributed by atoms with van der Waals surface area (Å²) >= 11 is 0. The second-order valence-corrected chi connectivity index (χ2v) is 2.14. The average molecular weight is 123 g/mol. The van der Waals surface area contributed by atoms with Gasteiger partial charge in [0.15, 0.2) is 0 Å². The molecule has 0 aromatic heterocycles. The van der Waals surface area contributed by atoms with E-state index < -0.39 is 0 Å². The van der Waals surface area contributed by atoms with E-state index in [2.05, 4.69) is 0 Å². The summed E-state index contributed by atoms with van der Waals surface area (Å²) in [7, 11) is 0. The largest absolute Gasteiger partial charge is 0.391 e. The van der Waals surface area contributed by atoms with Gasteiger partial charge >= 0.3 is 0 Å². The molecule has 1 rings (SSSR count). The van der Waals surface area contributed by atoms with E-state index in [1.54, 1.807) is 0 Å². The molecule has 0 aliphatic carbocycles. The molecule has 0 bridgehead atoms. The normalized spacial score (nSPS) is 13.6. The third kappa shape index (κ3) is 1.36. The minimum Gasteiger partial charge on any atom is -0.391 e. The molecule has 1 nitrogen and oxygen atoms in total. The Morgan fingerprint density at radius 2 is 2.56 bits per heavy atom. The van der Waals surface area contributed by atoms with Crippen LogP contribution in [0.3, 0.4) is 0 Å². The maximum atomic E-state index is 9.22. The predicted octanol–water partition coefficient (Wildman–Crippen LogP) is 1.85. The number of hydrogen-bond donors (Lipinski definition) is 1. The van der Waals surface area contributed by atoms with Crippen molar-refractivity contribution in [3.8, 4) is 0 Å². The van der Waals surface area contributed by atoms with Gasteiger partial charge in [-0.3, -0.25) is 0 Å². The third-order valence-electron chi connectivity index (χ3n) is 1.46. The van der Waals surface area contributed by atoms with E-state index in [4.69, 9.17) is 0 Å². The Bertz CT molecular complexity index is 153. The van der Waals surface area contributed by atoms with Gasteiger partial charge in [-0.2, -0.15) is 12.1 Å². The molecule has 9 heavy (non-hydrogen) atoms. The Morgan fingerprint density at radius 3 is 3.00 bits per heavy atom. The van der Waals surface area contributed by atoms with E-state index in [-0.39, 0.29) is 6.10 Å². The second kappa shape index (κ2) is 2.74.